The fourth-order valence-electron chi connectivity index (χ4n) is 3.59. The Hall–Kier alpha value is -1.43. The number of carbonyl (C=O) groups excluding carboxylic acids is 1. The summed E-state index contributed by atoms with van der Waals surface area (Å²) in [6.07, 6.45) is 5.02. The van der Waals surface area contributed by atoms with Crippen LogP contribution in [0.3, 0.4) is 0 Å². The number of fused-ring (bicyclic) bond motifs is 3. The number of hydrogen-bond donors (Lipinski definition) is 1. The molecule has 132 valence electrons. The Morgan fingerprint density at radius 3 is 2.83 bits per heavy atom. The van der Waals surface area contributed by atoms with Crippen LogP contribution < -0.4 is 0 Å². The molecule has 5 heteroatoms. The Balaban J connectivity index is 2.01. The maximum atomic E-state index is 12.1. The van der Waals surface area contributed by atoms with Gasteiger partial charge in [-0.15, -0.1) is 0 Å². The first kappa shape index (κ1) is 17.4. The molecule has 5 nitrogen and oxygen atoms in total. The van der Waals surface area contributed by atoms with E-state index >= 15 is 0 Å². The lowest BCUT2D eigenvalue weighted by Gasteiger charge is -2.33. The van der Waals surface area contributed by atoms with Gasteiger partial charge >= 0.3 is 5.97 Å². The molecule has 24 heavy (non-hydrogen) atoms. The molecule has 3 heterocycles. The van der Waals surface area contributed by atoms with Gasteiger partial charge in [0.1, 0.15) is 6.10 Å². The number of rotatable bonds is 3. The SMILES string of the molecule is C=C1C(=O)O[C@@H]2/C=C(/C)[C@@]3(O)C=C[C@@](C)(C[C@@H](OCC(C)C)[C@@H]12)O3. The van der Waals surface area contributed by atoms with Gasteiger partial charge < -0.3 is 19.3 Å². The van der Waals surface area contributed by atoms with Crippen LogP contribution >= 0.6 is 0 Å². The molecule has 1 saturated heterocycles. The van der Waals surface area contributed by atoms with Gasteiger partial charge in [-0.05, 0) is 37.5 Å². The van der Waals surface area contributed by atoms with E-state index < -0.39 is 23.5 Å². The minimum Gasteiger partial charge on any atom is -0.454 e. The van der Waals surface area contributed by atoms with Crippen molar-refractivity contribution in [1.29, 1.82) is 0 Å². The molecule has 3 aliphatic rings. The molecule has 1 N–H and O–H groups in total. The fraction of sp³-hybridized carbons (Fsp3) is 0.632. The van der Waals surface area contributed by atoms with Crippen molar-refractivity contribution in [2.45, 2.75) is 57.7 Å². The molecule has 0 aromatic carbocycles. The first-order valence-corrected chi connectivity index (χ1v) is 8.47. The van der Waals surface area contributed by atoms with Crippen molar-refractivity contribution >= 4 is 5.97 Å². The lowest BCUT2D eigenvalue weighted by Crippen LogP contribution is -2.40. The van der Waals surface area contributed by atoms with E-state index in [9.17, 15) is 9.90 Å². The van der Waals surface area contributed by atoms with E-state index in [-0.39, 0.29) is 12.0 Å². The van der Waals surface area contributed by atoms with Crippen molar-refractivity contribution < 1.29 is 24.1 Å². The molecule has 0 radical (unpaired) electrons. The third-order valence-corrected chi connectivity index (χ3v) is 4.94. The summed E-state index contributed by atoms with van der Waals surface area (Å²) in [6.45, 7) is 12.3. The third kappa shape index (κ3) is 2.96. The lowest BCUT2D eigenvalue weighted by atomic mass is 9.83. The van der Waals surface area contributed by atoms with Crippen molar-refractivity contribution in [2.24, 2.45) is 11.8 Å². The average molecular weight is 334 g/mol. The van der Waals surface area contributed by atoms with Gasteiger partial charge in [-0.1, -0.05) is 26.5 Å². The average Bonchev–Trinajstić information content (AvgIpc) is 2.94. The van der Waals surface area contributed by atoms with Crippen molar-refractivity contribution in [1.82, 2.24) is 0 Å². The molecule has 5 atom stereocenters. The van der Waals surface area contributed by atoms with Gasteiger partial charge in [0.05, 0.1) is 17.6 Å². The highest BCUT2D eigenvalue weighted by atomic mass is 16.6. The van der Waals surface area contributed by atoms with Gasteiger partial charge in [0, 0.05) is 18.6 Å². The Morgan fingerprint density at radius 2 is 2.17 bits per heavy atom. The molecule has 0 unspecified atom stereocenters. The minimum absolute atomic E-state index is 0.275. The summed E-state index contributed by atoms with van der Waals surface area (Å²) in [7, 11) is 0. The molecule has 1 fully saturated rings. The number of hydrogen-bond acceptors (Lipinski definition) is 5. The highest BCUT2D eigenvalue weighted by Crippen LogP contribution is 2.44. The van der Waals surface area contributed by atoms with E-state index in [0.717, 1.165) is 0 Å². The van der Waals surface area contributed by atoms with Crippen molar-refractivity contribution in [3.63, 3.8) is 0 Å². The predicted molar refractivity (Wildman–Crippen MR) is 89.0 cm³/mol. The van der Waals surface area contributed by atoms with Gasteiger partial charge in [-0.25, -0.2) is 4.79 Å². The molecule has 0 spiro atoms. The summed E-state index contributed by atoms with van der Waals surface area (Å²) < 4.78 is 17.6. The summed E-state index contributed by atoms with van der Waals surface area (Å²) in [5.41, 5.74) is 0.353. The summed E-state index contributed by atoms with van der Waals surface area (Å²) in [4.78, 5) is 12.1. The van der Waals surface area contributed by atoms with Gasteiger partial charge in [0.2, 0.25) is 5.79 Å². The van der Waals surface area contributed by atoms with E-state index in [1.165, 1.54) is 0 Å². The molecule has 0 aromatic rings. The van der Waals surface area contributed by atoms with Crippen LogP contribution in [0.5, 0.6) is 0 Å². The normalized spacial score (nSPS) is 43.8. The smallest absolute Gasteiger partial charge is 0.334 e. The van der Waals surface area contributed by atoms with E-state index in [4.69, 9.17) is 14.2 Å². The number of ether oxygens (including phenoxy) is 3. The van der Waals surface area contributed by atoms with Crippen LogP contribution in [0.1, 0.15) is 34.1 Å². The number of esters is 1. The molecular formula is C19H26O5. The molecular weight excluding hydrogens is 308 g/mol. The van der Waals surface area contributed by atoms with Crippen molar-refractivity contribution in [2.75, 3.05) is 6.61 Å². The van der Waals surface area contributed by atoms with Gasteiger partial charge in [0.15, 0.2) is 0 Å². The van der Waals surface area contributed by atoms with Crippen LogP contribution in [-0.4, -0.2) is 41.3 Å². The Labute approximate surface area is 143 Å². The standard InChI is InChI=1S/C19H26O5/c1-11(2)10-22-15-9-18(5)6-7-19(21,24-18)12(3)8-14-16(15)13(4)17(20)23-14/h6-8,11,14-16,21H,4,9-10H2,1-3,5H3/b12-8-/t14-,15-,16+,18+,19-/m1/s1. The van der Waals surface area contributed by atoms with E-state index in [2.05, 4.69) is 20.4 Å². The minimum atomic E-state index is -1.47. The third-order valence-electron chi connectivity index (χ3n) is 4.94. The predicted octanol–water partition coefficient (Wildman–Crippen LogP) is 2.51. The molecule has 0 amide bonds. The zero-order valence-electron chi connectivity index (χ0n) is 14.7. The topological polar surface area (TPSA) is 65.0 Å². The summed E-state index contributed by atoms with van der Waals surface area (Å²) in [5, 5.41) is 10.8. The maximum Gasteiger partial charge on any atom is 0.334 e. The molecule has 3 aliphatic heterocycles. The summed E-state index contributed by atoms with van der Waals surface area (Å²) in [6, 6.07) is 0. The fourth-order valence-corrected chi connectivity index (χ4v) is 3.59. The second-order valence-corrected chi connectivity index (χ2v) is 7.68. The summed E-state index contributed by atoms with van der Waals surface area (Å²) in [5.74, 6) is -1.78. The van der Waals surface area contributed by atoms with Crippen molar-refractivity contribution in [3.8, 4) is 0 Å². The zero-order valence-corrected chi connectivity index (χ0v) is 14.7. The van der Waals surface area contributed by atoms with Crippen LogP contribution in [0.15, 0.2) is 36.0 Å². The monoisotopic (exact) mass is 334 g/mol. The second kappa shape index (κ2) is 5.83. The van der Waals surface area contributed by atoms with Crippen LogP contribution in [0.25, 0.3) is 0 Å². The van der Waals surface area contributed by atoms with Crippen LogP contribution in [0, 0.1) is 11.8 Å². The second-order valence-electron chi connectivity index (χ2n) is 7.68. The van der Waals surface area contributed by atoms with Gasteiger partial charge in [0.25, 0.3) is 0 Å². The van der Waals surface area contributed by atoms with Crippen LogP contribution in [-0.2, 0) is 19.0 Å². The quantitative estimate of drug-likeness (QED) is 0.488. The van der Waals surface area contributed by atoms with Crippen molar-refractivity contribution in [3.05, 3.63) is 36.0 Å². The van der Waals surface area contributed by atoms with E-state index in [0.29, 0.717) is 30.1 Å². The Bertz CT molecular complexity index is 619. The molecule has 3 rings (SSSR count). The molecule has 0 saturated carbocycles. The van der Waals surface area contributed by atoms with Crippen LogP contribution in [0.2, 0.25) is 0 Å². The van der Waals surface area contributed by atoms with E-state index in [1.807, 2.05) is 13.0 Å². The molecule has 2 bridgehead atoms. The summed E-state index contributed by atoms with van der Waals surface area (Å²) >= 11 is 0. The highest BCUT2D eigenvalue weighted by molar-refractivity contribution is 5.91. The Kier molecular flexibility index (Phi) is 4.22. The van der Waals surface area contributed by atoms with Gasteiger partial charge in [-0.3, -0.25) is 0 Å². The van der Waals surface area contributed by atoms with Crippen LogP contribution in [0.4, 0.5) is 0 Å². The van der Waals surface area contributed by atoms with E-state index in [1.54, 1.807) is 19.1 Å². The first-order chi connectivity index (χ1) is 11.1. The highest BCUT2D eigenvalue weighted by Gasteiger charge is 2.51. The maximum absolute atomic E-state index is 12.1. The largest absolute Gasteiger partial charge is 0.454 e. The number of aliphatic hydroxyl groups is 1. The Morgan fingerprint density at radius 1 is 1.46 bits per heavy atom. The first-order valence-electron chi connectivity index (χ1n) is 8.47. The number of carbonyl (C=O) groups is 1. The molecule has 0 aromatic heterocycles. The zero-order chi connectivity index (χ0) is 17.7. The molecule has 0 aliphatic carbocycles. The lowest BCUT2D eigenvalue weighted by molar-refractivity contribution is -0.188. The van der Waals surface area contributed by atoms with Gasteiger partial charge in [-0.2, -0.15) is 0 Å².